The molecule has 0 aliphatic carbocycles. The average molecular weight is 255 g/mol. The number of hydrogen-bond acceptors (Lipinski definition) is 4. The quantitative estimate of drug-likeness (QED) is 0.337. The van der Waals surface area contributed by atoms with E-state index >= 15 is 0 Å². The maximum absolute atomic E-state index is 11.2. The molecule has 0 unspecified atom stereocenters. The fraction of sp³-hybridized carbons (Fsp3) is 0.400. The molecule has 0 aliphatic rings. The topological polar surface area (TPSA) is 92.1 Å². The van der Waals surface area contributed by atoms with E-state index in [0.717, 1.165) is 6.26 Å². The van der Waals surface area contributed by atoms with Crippen molar-refractivity contribution >= 4 is 9.84 Å². The molecule has 0 heterocycles. The van der Waals surface area contributed by atoms with Gasteiger partial charge in [0.05, 0.1) is 11.5 Å². The Hall–Kier alpha value is -1.72. The lowest BCUT2D eigenvalue weighted by Crippen LogP contribution is -2.00. The van der Waals surface area contributed by atoms with Crippen molar-refractivity contribution in [3.05, 3.63) is 34.7 Å². The molecule has 0 radical (unpaired) electrons. The van der Waals surface area contributed by atoms with E-state index in [2.05, 4.69) is 10.0 Å². The van der Waals surface area contributed by atoms with E-state index in [1.165, 1.54) is 12.1 Å². The van der Waals surface area contributed by atoms with Gasteiger partial charge in [-0.25, -0.2) is 8.42 Å². The Labute approximate surface area is 99.8 Å². The minimum Gasteiger partial charge on any atom is -0.494 e. The highest BCUT2D eigenvalue weighted by molar-refractivity contribution is 7.90. The normalized spacial score (nSPS) is 10.6. The van der Waals surface area contributed by atoms with Crippen LogP contribution < -0.4 is 4.74 Å². The standard InChI is InChI=1S/C10H13N3O3S/c1-17(14,15)10-5-3-9(4-6-10)16-8-2-7-12-13-11/h3-6H,2,7-8H2,1H3. The third-order valence-electron chi connectivity index (χ3n) is 1.99. The number of ether oxygens (including phenoxy) is 1. The van der Waals surface area contributed by atoms with Crippen molar-refractivity contribution in [2.45, 2.75) is 11.3 Å². The van der Waals surface area contributed by atoms with Crippen molar-refractivity contribution in [2.75, 3.05) is 19.4 Å². The predicted molar refractivity (Wildman–Crippen MR) is 63.7 cm³/mol. The SMILES string of the molecule is CS(=O)(=O)c1ccc(OCCCN=[N+]=[N-])cc1. The summed E-state index contributed by atoms with van der Waals surface area (Å²) in [6.45, 7) is 0.815. The average Bonchev–Trinajstić information content (AvgIpc) is 2.28. The molecule has 0 saturated heterocycles. The molecule has 1 aromatic carbocycles. The molecular formula is C10H13N3O3S. The molecule has 0 saturated carbocycles. The van der Waals surface area contributed by atoms with Crippen molar-refractivity contribution in [1.29, 1.82) is 0 Å². The van der Waals surface area contributed by atoms with Crippen LogP contribution in [0.3, 0.4) is 0 Å². The predicted octanol–water partition coefficient (Wildman–Crippen LogP) is 2.17. The Kier molecular flexibility index (Phi) is 4.81. The molecule has 0 spiro atoms. The Balaban J connectivity index is 2.49. The first-order chi connectivity index (χ1) is 8.04. The van der Waals surface area contributed by atoms with Gasteiger partial charge in [-0.2, -0.15) is 0 Å². The molecule has 0 aliphatic heterocycles. The summed E-state index contributed by atoms with van der Waals surface area (Å²) in [7, 11) is -3.16. The second kappa shape index (κ2) is 6.12. The van der Waals surface area contributed by atoms with Gasteiger partial charge in [0, 0.05) is 17.7 Å². The van der Waals surface area contributed by atoms with Gasteiger partial charge in [0.2, 0.25) is 0 Å². The van der Waals surface area contributed by atoms with Crippen LogP contribution in [0.1, 0.15) is 6.42 Å². The second-order valence-corrected chi connectivity index (χ2v) is 5.42. The van der Waals surface area contributed by atoms with Crippen molar-refractivity contribution in [3.8, 4) is 5.75 Å². The van der Waals surface area contributed by atoms with E-state index in [-0.39, 0.29) is 4.90 Å². The van der Waals surface area contributed by atoms with Crippen molar-refractivity contribution in [3.63, 3.8) is 0 Å². The van der Waals surface area contributed by atoms with E-state index in [0.29, 0.717) is 25.3 Å². The van der Waals surface area contributed by atoms with E-state index in [9.17, 15) is 8.42 Å². The van der Waals surface area contributed by atoms with E-state index in [4.69, 9.17) is 10.3 Å². The maximum atomic E-state index is 11.2. The molecular weight excluding hydrogens is 242 g/mol. The summed E-state index contributed by atoms with van der Waals surface area (Å²) in [4.78, 5) is 2.88. The zero-order valence-electron chi connectivity index (χ0n) is 9.41. The highest BCUT2D eigenvalue weighted by Gasteiger charge is 2.05. The van der Waals surface area contributed by atoms with Crippen LogP contribution in [0.5, 0.6) is 5.75 Å². The molecule has 6 nitrogen and oxygen atoms in total. The first-order valence-electron chi connectivity index (χ1n) is 4.98. The molecule has 0 atom stereocenters. The molecule has 92 valence electrons. The zero-order valence-corrected chi connectivity index (χ0v) is 10.2. The van der Waals surface area contributed by atoms with Crippen molar-refractivity contribution < 1.29 is 13.2 Å². The van der Waals surface area contributed by atoms with Gasteiger partial charge in [0.25, 0.3) is 0 Å². The summed E-state index contributed by atoms with van der Waals surface area (Å²) < 4.78 is 27.7. The van der Waals surface area contributed by atoms with E-state index in [1.807, 2.05) is 0 Å². The lowest BCUT2D eigenvalue weighted by Gasteiger charge is -2.05. The Morgan fingerprint density at radius 3 is 2.53 bits per heavy atom. The summed E-state index contributed by atoms with van der Waals surface area (Å²) in [5, 5.41) is 3.37. The van der Waals surface area contributed by atoms with E-state index < -0.39 is 9.84 Å². The Morgan fingerprint density at radius 2 is 2.00 bits per heavy atom. The van der Waals surface area contributed by atoms with Gasteiger partial charge >= 0.3 is 0 Å². The van der Waals surface area contributed by atoms with Crippen LogP contribution in [0.15, 0.2) is 34.3 Å². The number of nitrogens with zero attached hydrogens (tertiary/aromatic N) is 3. The summed E-state index contributed by atoms with van der Waals surface area (Å²) in [6.07, 6.45) is 1.78. The van der Waals surface area contributed by atoms with Crippen LogP contribution in [0, 0.1) is 0 Å². The molecule has 7 heteroatoms. The zero-order chi connectivity index (χ0) is 12.7. The Bertz CT molecular complexity index is 504. The first kappa shape index (κ1) is 13.3. The number of benzene rings is 1. The summed E-state index contributed by atoms with van der Waals surface area (Å²) in [6, 6.07) is 6.20. The summed E-state index contributed by atoms with van der Waals surface area (Å²) in [5.41, 5.74) is 8.05. The fourth-order valence-corrected chi connectivity index (χ4v) is 1.78. The number of rotatable bonds is 6. The van der Waals surface area contributed by atoms with Gasteiger partial charge in [0.1, 0.15) is 5.75 Å². The lowest BCUT2D eigenvalue weighted by molar-refractivity contribution is 0.313. The van der Waals surface area contributed by atoms with Gasteiger partial charge in [-0.15, -0.1) is 0 Å². The molecule has 1 rings (SSSR count). The lowest BCUT2D eigenvalue weighted by atomic mass is 10.3. The molecule has 1 aromatic rings. The van der Waals surface area contributed by atoms with Gasteiger partial charge in [0.15, 0.2) is 9.84 Å². The second-order valence-electron chi connectivity index (χ2n) is 3.40. The molecule has 0 aromatic heterocycles. The highest BCUT2D eigenvalue weighted by Crippen LogP contribution is 2.15. The van der Waals surface area contributed by atoms with Crippen LogP contribution in [-0.2, 0) is 9.84 Å². The summed E-state index contributed by atoms with van der Waals surface area (Å²) in [5.74, 6) is 0.596. The fourth-order valence-electron chi connectivity index (χ4n) is 1.15. The molecule has 17 heavy (non-hydrogen) atoms. The molecule has 0 N–H and O–H groups in total. The molecule has 0 amide bonds. The number of azide groups is 1. The van der Waals surface area contributed by atoms with Gasteiger partial charge in [-0.3, -0.25) is 0 Å². The smallest absolute Gasteiger partial charge is 0.175 e. The Morgan fingerprint density at radius 1 is 1.35 bits per heavy atom. The maximum Gasteiger partial charge on any atom is 0.175 e. The molecule has 0 fully saturated rings. The van der Waals surface area contributed by atoms with Gasteiger partial charge < -0.3 is 4.74 Å². The highest BCUT2D eigenvalue weighted by atomic mass is 32.2. The van der Waals surface area contributed by atoms with Crippen LogP contribution >= 0.6 is 0 Å². The van der Waals surface area contributed by atoms with Gasteiger partial charge in [-0.05, 0) is 36.2 Å². The van der Waals surface area contributed by atoms with Crippen LogP contribution in [-0.4, -0.2) is 27.8 Å². The first-order valence-corrected chi connectivity index (χ1v) is 6.87. The van der Waals surface area contributed by atoms with Crippen LogP contribution in [0.2, 0.25) is 0 Å². The molecule has 0 bridgehead atoms. The van der Waals surface area contributed by atoms with Crippen molar-refractivity contribution in [1.82, 2.24) is 0 Å². The van der Waals surface area contributed by atoms with Crippen molar-refractivity contribution in [2.24, 2.45) is 5.11 Å². The largest absolute Gasteiger partial charge is 0.494 e. The van der Waals surface area contributed by atoms with Gasteiger partial charge in [-0.1, -0.05) is 5.11 Å². The third-order valence-corrected chi connectivity index (χ3v) is 3.11. The van der Waals surface area contributed by atoms with E-state index in [1.54, 1.807) is 12.1 Å². The summed E-state index contributed by atoms with van der Waals surface area (Å²) >= 11 is 0. The van der Waals surface area contributed by atoms with Crippen LogP contribution in [0.25, 0.3) is 10.4 Å². The minimum absolute atomic E-state index is 0.263. The van der Waals surface area contributed by atoms with Crippen LogP contribution in [0.4, 0.5) is 0 Å². The monoisotopic (exact) mass is 255 g/mol. The number of sulfone groups is 1. The third kappa shape index (κ3) is 4.76. The number of hydrogen-bond donors (Lipinski definition) is 0. The minimum atomic E-state index is -3.16.